The van der Waals surface area contributed by atoms with Crippen LogP contribution >= 0.6 is 0 Å². The highest BCUT2D eigenvalue weighted by Crippen LogP contribution is 2.39. The third-order valence-corrected chi connectivity index (χ3v) is 2.23. The van der Waals surface area contributed by atoms with Crippen molar-refractivity contribution in [3.05, 3.63) is 28.5 Å². The Hall–Kier alpha value is -1.86. The molecule has 0 aliphatic heterocycles. The van der Waals surface area contributed by atoms with E-state index >= 15 is 0 Å². The van der Waals surface area contributed by atoms with Crippen LogP contribution in [0.3, 0.4) is 0 Å². The third kappa shape index (κ3) is 2.38. The Morgan fingerprint density at radius 1 is 1.38 bits per heavy atom. The van der Waals surface area contributed by atoms with Crippen molar-refractivity contribution in [1.29, 1.82) is 0 Å². The summed E-state index contributed by atoms with van der Waals surface area (Å²) in [7, 11) is 1.45. The average molecular weight is 220 g/mol. The molecule has 3 heteroatoms. The maximum absolute atomic E-state index is 9.89. The third-order valence-electron chi connectivity index (χ3n) is 2.23. The summed E-state index contributed by atoms with van der Waals surface area (Å²) >= 11 is 0. The molecule has 0 fully saturated rings. The molecule has 0 saturated heterocycles. The fourth-order valence-electron chi connectivity index (χ4n) is 1.33. The fraction of sp³-hybridized carbons (Fsp3) is 0.308. The van der Waals surface area contributed by atoms with Crippen LogP contribution in [0.15, 0.2) is 17.4 Å². The maximum atomic E-state index is 9.89. The molecule has 0 heterocycles. The highest BCUT2D eigenvalue weighted by atomic mass is 16.5. The molecule has 3 nitrogen and oxygen atoms in total. The van der Waals surface area contributed by atoms with Crippen molar-refractivity contribution >= 4 is 6.08 Å². The fourth-order valence-corrected chi connectivity index (χ4v) is 1.33. The summed E-state index contributed by atoms with van der Waals surface area (Å²) in [6, 6.07) is 1.49. The van der Waals surface area contributed by atoms with Crippen LogP contribution in [0.2, 0.25) is 0 Å². The molecule has 2 N–H and O–H groups in total. The lowest BCUT2D eigenvalue weighted by atomic mass is 10.1. The standard InChI is InChI=1S/C13H16O3/c1-8(2)5-6-10-7-11(14)9(3)13(16-4)12(10)15/h6-7,14-15H,1-4H3. The van der Waals surface area contributed by atoms with Crippen LogP contribution in [0.4, 0.5) is 0 Å². The van der Waals surface area contributed by atoms with E-state index in [-0.39, 0.29) is 11.5 Å². The van der Waals surface area contributed by atoms with Gasteiger partial charge in [0.15, 0.2) is 11.5 Å². The lowest BCUT2D eigenvalue weighted by Crippen LogP contribution is -1.90. The quantitative estimate of drug-likeness (QED) is 0.595. The summed E-state index contributed by atoms with van der Waals surface area (Å²) in [6.45, 7) is 5.49. The van der Waals surface area contributed by atoms with Gasteiger partial charge >= 0.3 is 0 Å². The topological polar surface area (TPSA) is 49.7 Å². The first-order chi connectivity index (χ1) is 7.47. The summed E-state index contributed by atoms with van der Waals surface area (Å²) in [4.78, 5) is 0. The van der Waals surface area contributed by atoms with Crippen molar-refractivity contribution in [1.82, 2.24) is 0 Å². The number of aromatic hydroxyl groups is 2. The monoisotopic (exact) mass is 220 g/mol. The molecule has 0 amide bonds. The molecule has 0 saturated carbocycles. The second-order valence-electron chi connectivity index (χ2n) is 3.78. The van der Waals surface area contributed by atoms with Crippen LogP contribution in [0.5, 0.6) is 17.2 Å². The Morgan fingerprint density at radius 3 is 2.50 bits per heavy atom. The highest BCUT2D eigenvalue weighted by molar-refractivity contribution is 5.67. The minimum absolute atomic E-state index is 0.0200. The van der Waals surface area contributed by atoms with Gasteiger partial charge in [0.25, 0.3) is 0 Å². The van der Waals surface area contributed by atoms with Gasteiger partial charge in [0.2, 0.25) is 0 Å². The van der Waals surface area contributed by atoms with Gasteiger partial charge in [-0.05, 0) is 38.5 Å². The minimum Gasteiger partial charge on any atom is -0.508 e. The van der Waals surface area contributed by atoms with E-state index in [2.05, 4.69) is 5.73 Å². The van der Waals surface area contributed by atoms with E-state index in [0.717, 1.165) is 5.57 Å². The Labute approximate surface area is 95.3 Å². The molecule has 0 radical (unpaired) electrons. The van der Waals surface area contributed by atoms with Gasteiger partial charge in [0.1, 0.15) is 5.75 Å². The van der Waals surface area contributed by atoms with Crippen LogP contribution < -0.4 is 4.74 Å². The molecule has 86 valence electrons. The van der Waals surface area contributed by atoms with E-state index < -0.39 is 0 Å². The number of benzene rings is 1. The summed E-state index contributed by atoms with van der Waals surface area (Å²) in [5, 5.41) is 19.5. The minimum atomic E-state index is 0.0200. The van der Waals surface area contributed by atoms with Gasteiger partial charge < -0.3 is 14.9 Å². The Balaban J connectivity index is 3.43. The molecule has 1 aromatic rings. The number of methoxy groups -OCH3 is 1. The van der Waals surface area contributed by atoms with Crippen molar-refractivity contribution in [2.75, 3.05) is 7.11 Å². The van der Waals surface area contributed by atoms with Crippen molar-refractivity contribution in [3.8, 4) is 17.2 Å². The number of phenolic OH excluding ortho intramolecular Hbond substituents is 2. The Bertz CT molecular complexity index is 463. The first kappa shape index (κ1) is 12.2. The van der Waals surface area contributed by atoms with Crippen molar-refractivity contribution in [2.45, 2.75) is 20.8 Å². The molecule has 1 aromatic carbocycles. The Kier molecular flexibility index (Phi) is 3.64. The lowest BCUT2D eigenvalue weighted by Gasteiger charge is -2.10. The van der Waals surface area contributed by atoms with E-state index in [9.17, 15) is 10.2 Å². The largest absolute Gasteiger partial charge is 0.508 e. The molecule has 0 spiro atoms. The zero-order valence-electron chi connectivity index (χ0n) is 9.96. The van der Waals surface area contributed by atoms with Crippen LogP contribution in [-0.4, -0.2) is 17.3 Å². The second-order valence-corrected chi connectivity index (χ2v) is 3.78. The molecule has 0 atom stereocenters. The SMILES string of the molecule is COc1c(C)c(O)cc(C=C=C(C)C)c1O. The van der Waals surface area contributed by atoms with Gasteiger partial charge in [-0.1, -0.05) is 0 Å². The van der Waals surface area contributed by atoms with E-state index in [0.29, 0.717) is 16.9 Å². The molecule has 0 aliphatic carbocycles. The first-order valence-electron chi connectivity index (χ1n) is 4.96. The number of phenols is 2. The van der Waals surface area contributed by atoms with E-state index in [1.54, 1.807) is 13.0 Å². The Morgan fingerprint density at radius 2 is 2.00 bits per heavy atom. The van der Waals surface area contributed by atoms with Crippen molar-refractivity contribution in [2.24, 2.45) is 0 Å². The molecular weight excluding hydrogens is 204 g/mol. The second kappa shape index (κ2) is 4.77. The predicted octanol–water partition coefficient (Wildman–Crippen LogP) is 2.99. The number of rotatable bonds is 2. The molecule has 16 heavy (non-hydrogen) atoms. The molecule has 0 aromatic heterocycles. The number of hydrogen-bond acceptors (Lipinski definition) is 3. The molecular formula is C13H16O3. The first-order valence-corrected chi connectivity index (χ1v) is 4.96. The smallest absolute Gasteiger partial charge is 0.167 e. The van der Waals surface area contributed by atoms with Crippen molar-refractivity contribution < 1.29 is 14.9 Å². The van der Waals surface area contributed by atoms with Crippen LogP contribution in [0.1, 0.15) is 25.0 Å². The van der Waals surface area contributed by atoms with Gasteiger partial charge in [-0.2, -0.15) is 0 Å². The molecule has 0 aliphatic rings. The molecule has 0 bridgehead atoms. The van der Waals surface area contributed by atoms with Crippen LogP contribution in [-0.2, 0) is 0 Å². The summed E-state index contributed by atoms with van der Waals surface area (Å²) in [6.07, 6.45) is 1.62. The van der Waals surface area contributed by atoms with Gasteiger partial charge in [-0.15, -0.1) is 5.73 Å². The predicted molar refractivity (Wildman–Crippen MR) is 63.9 cm³/mol. The van der Waals surface area contributed by atoms with Gasteiger partial charge in [0.05, 0.1) is 7.11 Å². The molecule has 0 unspecified atom stereocenters. The average Bonchev–Trinajstić information content (AvgIpc) is 2.22. The van der Waals surface area contributed by atoms with E-state index in [1.807, 2.05) is 13.8 Å². The summed E-state index contributed by atoms with van der Waals surface area (Å²) in [5.41, 5.74) is 4.96. The molecule has 1 rings (SSSR count). The van der Waals surface area contributed by atoms with E-state index in [1.165, 1.54) is 13.2 Å². The summed E-state index contributed by atoms with van der Waals surface area (Å²) < 4.78 is 5.04. The van der Waals surface area contributed by atoms with Crippen LogP contribution in [0, 0.1) is 6.92 Å². The zero-order valence-corrected chi connectivity index (χ0v) is 9.96. The summed E-state index contributed by atoms with van der Waals surface area (Å²) in [5.74, 6) is 0.407. The number of ether oxygens (including phenoxy) is 1. The van der Waals surface area contributed by atoms with Gasteiger partial charge in [0, 0.05) is 11.1 Å². The normalized spacial score (nSPS) is 9.50. The maximum Gasteiger partial charge on any atom is 0.167 e. The van der Waals surface area contributed by atoms with Crippen LogP contribution in [0.25, 0.3) is 6.08 Å². The van der Waals surface area contributed by atoms with Crippen molar-refractivity contribution in [3.63, 3.8) is 0 Å². The van der Waals surface area contributed by atoms with Gasteiger partial charge in [-0.3, -0.25) is 0 Å². The zero-order chi connectivity index (χ0) is 12.3. The van der Waals surface area contributed by atoms with E-state index in [4.69, 9.17) is 4.74 Å². The lowest BCUT2D eigenvalue weighted by molar-refractivity contribution is 0.364. The highest BCUT2D eigenvalue weighted by Gasteiger charge is 2.13. The number of hydrogen-bond donors (Lipinski definition) is 2. The number of allylic oxidation sites excluding steroid dienone is 1. The van der Waals surface area contributed by atoms with Gasteiger partial charge in [-0.25, -0.2) is 0 Å².